The summed E-state index contributed by atoms with van der Waals surface area (Å²) in [6.45, 7) is 1.93. The van der Waals surface area contributed by atoms with E-state index < -0.39 is 5.97 Å². The van der Waals surface area contributed by atoms with Crippen LogP contribution in [0.1, 0.15) is 27.0 Å². The average Bonchev–Trinajstić information content (AvgIpc) is 2.99. The van der Waals surface area contributed by atoms with Crippen LogP contribution in [0, 0.1) is 18.3 Å². The maximum atomic E-state index is 11.5. The number of hydrogen-bond donors (Lipinski definition) is 2. The van der Waals surface area contributed by atoms with Crippen molar-refractivity contribution >= 4 is 28.0 Å². The summed E-state index contributed by atoms with van der Waals surface area (Å²) in [5.74, 6) is 0.312. The molecule has 2 heterocycles. The zero-order valence-electron chi connectivity index (χ0n) is 10.8. The number of carbonyl (C=O) groups is 1. The van der Waals surface area contributed by atoms with Gasteiger partial charge in [0.1, 0.15) is 21.5 Å². The summed E-state index contributed by atoms with van der Waals surface area (Å²) >= 11 is 1.05. The SMILES string of the molecule is COC(=O)c1sc(NCc2nc(C)no2)c(C#N)c1N. The maximum Gasteiger partial charge on any atom is 0.350 e. The highest BCUT2D eigenvalue weighted by molar-refractivity contribution is 7.18. The van der Waals surface area contributed by atoms with Crippen molar-refractivity contribution in [1.29, 1.82) is 5.26 Å². The molecular formula is C11H11N5O3S. The highest BCUT2D eigenvalue weighted by atomic mass is 32.1. The smallest absolute Gasteiger partial charge is 0.350 e. The summed E-state index contributed by atoms with van der Waals surface area (Å²) in [6, 6.07) is 1.95. The lowest BCUT2D eigenvalue weighted by atomic mass is 10.2. The molecule has 0 saturated heterocycles. The van der Waals surface area contributed by atoms with Gasteiger partial charge in [-0.3, -0.25) is 0 Å². The molecule has 0 atom stereocenters. The molecule has 3 N–H and O–H groups in total. The third-order valence-electron chi connectivity index (χ3n) is 2.40. The maximum absolute atomic E-state index is 11.5. The minimum atomic E-state index is -0.578. The molecule has 0 fully saturated rings. The molecule has 0 aliphatic rings. The van der Waals surface area contributed by atoms with Crippen LogP contribution in [0.25, 0.3) is 0 Å². The lowest BCUT2D eigenvalue weighted by Gasteiger charge is -1.99. The molecule has 0 aromatic carbocycles. The van der Waals surface area contributed by atoms with Gasteiger partial charge >= 0.3 is 5.97 Å². The van der Waals surface area contributed by atoms with E-state index in [-0.39, 0.29) is 22.7 Å². The number of aryl methyl sites for hydroxylation is 1. The van der Waals surface area contributed by atoms with E-state index in [4.69, 9.17) is 15.5 Å². The first-order valence-corrected chi connectivity index (χ1v) is 6.32. The van der Waals surface area contributed by atoms with Crippen molar-refractivity contribution in [2.45, 2.75) is 13.5 Å². The number of nitrogen functional groups attached to an aromatic ring is 1. The van der Waals surface area contributed by atoms with Gasteiger partial charge in [0.15, 0.2) is 5.82 Å². The van der Waals surface area contributed by atoms with Gasteiger partial charge in [-0.05, 0) is 6.92 Å². The van der Waals surface area contributed by atoms with Gasteiger partial charge in [-0.1, -0.05) is 5.16 Å². The molecule has 0 aliphatic carbocycles. The Hall–Kier alpha value is -2.60. The van der Waals surface area contributed by atoms with Crippen molar-refractivity contribution in [3.05, 3.63) is 22.2 Å². The first-order chi connectivity index (χ1) is 9.56. The van der Waals surface area contributed by atoms with Crippen LogP contribution >= 0.6 is 11.3 Å². The number of anilines is 2. The van der Waals surface area contributed by atoms with Crippen molar-refractivity contribution in [2.75, 3.05) is 18.2 Å². The normalized spacial score (nSPS) is 10.1. The fraction of sp³-hybridized carbons (Fsp3) is 0.273. The number of rotatable bonds is 4. The number of thiophene rings is 1. The second-order valence-corrected chi connectivity index (χ2v) is 4.76. The predicted octanol–water partition coefficient (Wildman–Crippen LogP) is 1.29. The number of methoxy groups -OCH3 is 1. The highest BCUT2D eigenvalue weighted by Gasteiger charge is 2.21. The van der Waals surface area contributed by atoms with Gasteiger partial charge in [0.05, 0.1) is 19.3 Å². The van der Waals surface area contributed by atoms with Gasteiger partial charge in [0.2, 0.25) is 5.89 Å². The highest BCUT2D eigenvalue weighted by Crippen LogP contribution is 2.35. The molecule has 0 amide bonds. The number of hydrogen-bond acceptors (Lipinski definition) is 9. The van der Waals surface area contributed by atoms with E-state index in [9.17, 15) is 4.79 Å². The van der Waals surface area contributed by atoms with Crippen LogP contribution in [-0.2, 0) is 11.3 Å². The van der Waals surface area contributed by atoms with Gasteiger partial charge in [0, 0.05) is 0 Å². The van der Waals surface area contributed by atoms with Gasteiger partial charge in [0.25, 0.3) is 0 Å². The third-order valence-corrected chi connectivity index (χ3v) is 3.54. The molecule has 0 unspecified atom stereocenters. The Kier molecular flexibility index (Phi) is 3.86. The second kappa shape index (κ2) is 5.58. The number of esters is 1. The van der Waals surface area contributed by atoms with Crippen LogP contribution in [0.5, 0.6) is 0 Å². The number of nitrogens with two attached hydrogens (primary N) is 1. The standard InChI is InChI=1S/C11H11N5O3S/c1-5-15-7(19-16-5)4-14-10-6(3-12)8(13)9(20-10)11(17)18-2/h14H,4,13H2,1-2H3. The predicted molar refractivity (Wildman–Crippen MR) is 71.1 cm³/mol. The van der Waals surface area contributed by atoms with Crippen LogP contribution in [0.15, 0.2) is 4.52 Å². The van der Waals surface area contributed by atoms with Crippen LogP contribution < -0.4 is 11.1 Å². The van der Waals surface area contributed by atoms with Crippen LogP contribution in [0.3, 0.4) is 0 Å². The number of ether oxygens (including phenoxy) is 1. The summed E-state index contributed by atoms with van der Waals surface area (Å²) < 4.78 is 9.55. The van der Waals surface area contributed by atoms with Crippen molar-refractivity contribution in [3.63, 3.8) is 0 Å². The van der Waals surface area contributed by atoms with Crippen LogP contribution in [0.4, 0.5) is 10.7 Å². The molecule has 8 nitrogen and oxygen atoms in total. The number of nitrogens with one attached hydrogen (secondary N) is 1. The van der Waals surface area contributed by atoms with E-state index in [0.29, 0.717) is 16.7 Å². The molecule has 0 saturated carbocycles. The number of nitrogens with zero attached hydrogens (tertiary/aromatic N) is 3. The van der Waals surface area contributed by atoms with Gasteiger partial charge < -0.3 is 20.3 Å². The number of nitriles is 1. The third kappa shape index (κ3) is 2.55. The lowest BCUT2D eigenvalue weighted by molar-refractivity contribution is 0.0607. The van der Waals surface area contributed by atoms with Gasteiger partial charge in [-0.2, -0.15) is 10.2 Å². The first-order valence-electron chi connectivity index (χ1n) is 5.50. The summed E-state index contributed by atoms with van der Waals surface area (Å²) in [5.41, 5.74) is 6.07. The van der Waals surface area contributed by atoms with Crippen LogP contribution in [0.2, 0.25) is 0 Å². The zero-order chi connectivity index (χ0) is 14.7. The van der Waals surface area contributed by atoms with Gasteiger partial charge in [-0.25, -0.2) is 4.79 Å². The van der Waals surface area contributed by atoms with Crippen molar-refractivity contribution in [3.8, 4) is 6.07 Å². The molecule has 20 heavy (non-hydrogen) atoms. The number of aromatic nitrogens is 2. The number of carbonyl (C=O) groups excluding carboxylic acids is 1. The molecule has 0 radical (unpaired) electrons. The second-order valence-electron chi connectivity index (χ2n) is 3.74. The van der Waals surface area contributed by atoms with Gasteiger partial charge in [-0.15, -0.1) is 11.3 Å². The summed E-state index contributed by atoms with van der Waals surface area (Å²) in [5, 5.41) is 16.2. The molecule has 2 aromatic heterocycles. The Morgan fingerprint density at radius 2 is 2.40 bits per heavy atom. The first kappa shape index (κ1) is 13.8. The van der Waals surface area contributed by atoms with E-state index in [1.807, 2.05) is 6.07 Å². The monoisotopic (exact) mass is 293 g/mol. The van der Waals surface area contributed by atoms with E-state index in [1.165, 1.54) is 7.11 Å². The minimum absolute atomic E-state index is 0.105. The molecular weight excluding hydrogens is 282 g/mol. The zero-order valence-corrected chi connectivity index (χ0v) is 11.6. The van der Waals surface area contributed by atoms with E-state index in [0.717, 1.165) is 11.3 Å². The molecule has 2 rings (SSSR count). The molecule has 2 aromatic rings. The Bertz CT molecular complexity index is 685. The fourth-order valence-electron chi connectivity index (χ4n) is 1.49. The lowest BCUT2D eigenvalue weighted by Crippen LogP contribution is -2.02. The molecule has 0 bridgehead atoms. The van der Waals surface area contributed by atoms with Crippen molar-refractivity contribution < 1.29 is 14.1 Å². The van der Waals surface area contributed by atoms with E-state index in [1.54, 1.807) is 6.92 Å². The van der Waals surface area contributed by atoms with E-state index >= 15 is 0 Å². The Morgan fingerprint density at radius 1 is 1.65 bits per heavy atom. The summed E-state index contributed by atoms with van der Waals surface area (Å²) in [4.78, 5) is 15.7. The van der Waals surface area contributed by atoms with Crippen LogP contribution in [-0.4, -0.2) is 23.2 Å². The van der Waals surface area contributed by atoms with Crippen molar-refractivity contribution in [1.82, 2.24) is 10.1 Å². The average molecular weight is 293 g/mol. The summed E-state index contributed by atoms with van der Waals surface area (Å²) in [6.07, 6.45) is 0. The minimum Gasteiger partial charge on any atom is -0.465 e. The largest absolute Gasteiger partial charge is 0.465 e. The molecule has 9 heteroatoms. The molecule has 0 spiro atoms. The van der Waals surface area contributed by atoms with Crippen molar-refractivity contribution in [2.24, 2.45) is 0 Å². The topological polar surface area (TPSA) is 127 Å². The molecule has 104 valence electrons. The van der Waals surface area contributed by atoms with E-state index in [2.05, 4.69) is 20.2 Å². The Labute approximate surface area is 118 Å². The molecule has 0 aliphatic heterocycles. The fourth-order valence-corrected chi connectivity index (χ4v) is 2.48. The Balaban J connectivity index is 2.23. The summed E-state index contributed by atoms with van der Waals surface area (Å²) in [7, 11) is 1.25. The quantitative estimate of drug-likeness (QED) is 0.807. The Morgan fingerprint density at radius 3 is 2.95 bits per heavy atom.